The van der Waals surface area contributed by atoms with Gasteiger partial charge in [0.1, 0.15) is 11.1 Å². The Balaban J connectivity index is 1.13. The highest BCUT2D eigenvalue weighted by Crippen LogP contribution is 2.38. The Morgan fingerprint density at radius 3 is 2.41 bits per heavy atom. The van der Waals surface area contributed by atoms with Gasteiger partial charge in [0.15, 0.2) is 5.76 Å². The van der Waals surface area contributed by atoms with Crippen molar-refractivity contribution in [2.75, 3.05) is 12.4 Å². The fraction of sp³-hybridized carbons (Fsp3) is 0.314. The lowest BCUT2D eigenvalue weighted by molar-refractivity contribution is -0.125. The lowest BCUT2D eigenvalue weighted by Gasteiger charge is -2.40. The molecule has 0 saturated heterocycles. The van der Waals surface area contributed by atoms with Gasteiger partial charge in [-0.2, -0.15) is 5.10 Å². The summed E-state index contributed by atoms with van der Waals surface area (Å²) >= 11 is 0. The summed E-state index contributed by atoms with van der Waals surface area (Å²) in [7, 11) is 1.54. The van der Waals surface area contributed by atoms with Crippen LogP contribution in [0, 0.1) is 0 Å². The zero-order valence-corrected chi connectivity index (χ0v) is 24.7. The van der Waals surface area contributed by atoms with E-state index in [9.17, 15) is 14.4 Å². The van der Waals surface area contributed by atoms with Crippen LogP contribution < -0.4 is 16.0 Å². The Morgan fingerprint density at radius 2 is 1.68 bits per heavy atom. The third kappa shape index (κ3) is 5.02. The predicted molar refractivity (Wildman–Crippen MR) is 169 cm³/mol. The molecule has 2 aromatic heterocycles. The van der Waals surface area contributed by atoms with E-state index in [1.165, 1.54) is 32.0 Å². The van der Waals surface area contributed by atoms with E-state index in [-0.39, 0.29) is 23.5 Å². The Labute approximate surface area is 255 Å². The molecule has 9 heteroatoms. The second kappa shape index (κ2) is 11.3. The van der Waals surface area contributed by atoms with E-state index in [0.29, 0.717) is 35.6 Å². The van der Waals surface area contributed by atoms with Gasteiger partial charge in [-0.05, 0) is 74.6 Å². The molecular weight excluding hydrogens is 554 g/mol. The van der Waals surface area contributed by atoms with Crippen molar-refractivity contribution in [2.45, 2.75) is 62.8 Å². The maximum absolute atomic E-state index is 13.6. The summed E-state index contributed by atoms with van der Waals surface area (Å²) < 4.78 is 7.71. The van der Waals surface area contributed by atoms with Crippen molar-refractivity contribution in [3.05, 3.63) is 89.8 Å². The molecule has 0 spiro atoms. The first kappa shape index (κ1) is 27.9. The van der Waals surface area contributed by atoms with Crippen LogP contribution in [-0.4, -0.2) is 40.1 Å². The molecule has 0 unspecified atom stereocenters. The first-order valence-electron chi connectivity index (χ1n) is 15.4. The van der Waals surface area contributed by atoms with Crippen LogP contribution in [0.5, 0.6) is 0 Å². The number of nitrogens with zero attached hydrogens (tertiary/aromatic N) is 2. The number of furan rings is 1. The Kier molecular flexibility index (Phi) is 7.16. The lowest BCUT2D eigenvalue weighted by Crippen LogP contribution is -2.61. The van der Waals surface area contributed by atoms with E-state index < -0.39 is 5.54 Å². The molecule has 5 aromatic rings. The van der Waals surface area contributed by atoms with Gasteiger partial charge in [-0.25, -0.2) is 4.68 Å². The maximum atomic E-state index is 13.6. The minimum absolute atomic E-state index is 0.199. The molecule has 0 bridgehead atoms. The molecule has 224 valence electrons. The molecule has 0 aliphatic heterocycles. The van der Waals surface area contributed by atoms with Crippen LogP contribution >= 0.6 is 0 Å². The molecule has 2 heterocycles. The summed E-state index contributed by atoms with van der Waals surface area (Å²) in [5, 5.41) is 15.4. The second-order valence-electron chi connectivity index (χ2n) is 12.0. The van der Waals surface area contributed by atoms with Gasteiger partial charge in [-0.1, -0.05) is 43.5 Å². The van der Waals surface area contributed by atoms with E-state index in [4.69, 9.17) is 9.52 Å². The molecule has 0 atom stereocenters. The molecule has 7 rings (SSSR count). The first-order chi connectivity index (χ1) is 21.4. The number of hydrogen-bond acceptors (Lipinski definition) is 5. The van der Waals surface area contributed by atoms with Crippen molar-refractivity contribution in [1.82, 2.24) is 20.4 Å². The maximum Gasteiger partial charge on any atom is 0.286 e. The van der Waals surface area contributed by atoms with Crippen molar-refractivity contribution in [1.29, 1.82) is 0 Å². The third-order valence-electron chi connectivity index (χ3n) is 9.19. The summed E-state index contributed by atoms with van der Waals surface area (Å²) in [6.45, 7) is 0. The molecule has 3 N–H and O–H groups in total. The van der Waals surface area contributed by atoms with Gasteiger partial charge >= 0.3 is 0 Å². The number of nitrogens with one attached hydrogen (secondary N) is 3. The minimum Gasteiger partial charge on any atom is -0.451 e. The van der Waals surface area contributed by atoms with Gasteiger partial charge in [-0.15, -0.1) is 0 Å². The first-order valence-corrected chi connectivity index (χ1v) is 15.4. The zero-order valence-electron chi connectivity index (χ0n) is 24.7. The van der Waals surface area contributed by atoms with E-state index in [1.807, 2.05) is 36.4 Å². The van der Waals surface area contributed by atoms with Crippen molar-refractivity contribution < 1.29 is 18.8 Å². The average Bonchev–Trinajstić information content (AvgIpc) is 3.64. The standard InChI is InChI=1S/C35H35N5O4/c1-36-33(42)30-20-23-13-15-25(21-29(23)44-30)37-34(43)35(17-8-18-35)38-32(41)24-14-16-27-28(19-24)39-40(26-11-6-3-7-12-26)31(27)22-9-4-2-5-10-22/h3,6-7,11-16,19-22H,2,4-5,8-10,17-18H2,1H3,(H,36,42)(H,37,43)(H,38,41). The molecule has 44 heavy (non-hydrogen) atoms. The third-order valence-corrected chi connectivity index (χ3v) is 9.19. The molecule has 3 amide bonds. The van der Waals surface area contributed by atoms with Crippen LogP contribution in [-0.2, 0) is 4.79 Å². The molecule has 0 radical (unpaired) electrons. The fourth-order valence-corrected chi connectivity index (χ4v) is 6.61. The van der Waals surface area contributed by atoms with E-state index in [0.717, 1.165) is 41.2 Å². The minimum atomic E-state index is -1.01. The zero-order chi connectivity index (χ0) is 30.3. The number of fused-ring (bicyclic) bond motifs is 2. The topological polar surface area (TPSA) is 118 Å². The summed E-state index contributed by atoms with van der Waals surface area (Å²) in [4.78, 5) is 39.1. The van der Waals surface area contributed by atoms with Gasteiger partial charge in [0, 0.05) is 41.1 Å². The van der Waals surface area contributed by atoms with Gasteiger partial charge in [0.25, 0.3) is 11.8 Å². The van der Waals surface area contributed by atoms with Crippen molar-refractivity contribution in [2.24, 2.45) is 0 Å². The number of carbonyl (C=O) groups excluding carboxylic acids is 3. The molecule has 2 aliphatic rings. The molecular formula is C35H35N5O4. The van der Waals surface area contributed by atoms with Gasteiger partial charge in [0.05, 0.1) is 16.9 Å². The monoisotopic (exact) mass is 589 g/mol. The SMILES string of the molecule is CNC(=O)c1cc2ccc(NC(=O)C3(NC(=O)c4ccc5c(C6CCCCC6)n(-c6ccccc6)nc5c4)CCC3)cc2o1. The molecule has 2 saturated carbocycles. The smallest absolute Gasteiger partial charge is 0.286 e. The summed E-state index contributed by atoms with van der Waals surface area (Å²) in [5.41, 5.74) is 3.49. The van der Waals surface area contributed by atoms with Crippen molar-refractivity contribution in [3.8, 4) is 5.69 Å². The van der Waals surface area contributed by atoms with Crippen molar-refractivity contribution in [3.63, 3.8) is 0 Å². The highest BCUT2D eigenvalue weighted by Gasteiger charge is 2.45. The van der Waals surface area contributed by atoms with E-state index >= 15 is 0 Å². The highest BCUT2D eigenvalue weighted by atomic mass is 16.3. The quantitative estimate of drug-likeness (QED) is 0.201. The number of carbonyl (C=O) groups is 3. The van der Waals surface area contributed by atoms with Crippen LogP contribution in [0.2, 0.25) is 0 Å². The summed E-state index contributed by atoms with van der Waals surface area (Å²) in [6.07, 6.45) is 7.89. The Hall–Kier alpha value is -4.92. The largest absolute Gasteiger partial charge is 0.451 e. The van der Waals surface area contributed by atoms with E-state index in [1.54, 1.807) is 24.3 Å². The summed E-state index contributed by atoms with van der Waals surface area (Å²) in [5.74, 6) is -0.273. The van der Waals surface area contributed by atoms with Crippen LogP contribution in [0.25, 0.3) is 27.6 Å². The number of para-hydroxylation sites is 1. The number of benzene rings is 3. The van der Waals surface area contributed by atoms with E-state index in [2.05, 4.69) is 32.8 Å². The highest BCUT2D eigenvalue weighted by molar-refractivity contribution is 6.06. The van der Waals surface area contributed by atoms with Crippen LogP contribution in [0.15, 0.2) is 77.2 Å². The molecule has 3 aromatic carbocycles. The van der Waals surface area contributed by atoms with Crippen LogP contribution in [0.4, 0.5) is 5.69 Å². The average molecular weight is 590 g/mol. The number of anilines is 1. The Morgan fingerprint density at radius 1 is 0.886 bits per heavy atom. The van der Waals surface area contributed by atoms with Gasteiger partial charge in [-0.3, -0.25) is 14.4 Å². The van der Waals surface area contributed by atoms with Crippen LogP contribution in [0.1, 0.15) is 83.9 Å². The van der Waals surface area contributed by atoms with Crippen LogP contribution in [0.3, 0.4) is 0 Å². The number of aromatic nitrogens is 2. The molecule has 2 fully saturated rings. The summed E-state index contributed by atoms with van der Waals surface area (Å²) in [6, 6.07) is 22.8. The number of rotatable bonds is 7. The normalized spacial score (nSPS) is 16.4. The van der Waals surface area contributed by atoms with Gasteiger partial charge in [0.2, 0.25) is 5.91 Å². The molecule has 2 aliphatic carbocycles. The fourth-order valence-electron chi connectivity index (χ4n) is 6.61. The Bertz CT molecular complexity index is 1880. The second-order valence-corrected chi connectivity index (χ2v) is 12.0. The number of amides is 3. The van der Waals surface area contributed by atoms with Crippen molar-refractivity contribution >= 4 is 45.3 Å². The van der Waals surface area contributed by atoms with Gasteiger partial charge < -0.3 is 20.4 Å². The molecule has 9 nitrogen and oxygen atoms in total. The predicted octanol–water partition coefficient (Wildman–Crippen LogP) is 6.47. The lowest BCUT2D eigenvalue weighted by atomic mass is 9.75. The number of hydrogen-bond donors (Lipinski definition) is 3.